The third-order valence-electron chi connectivity index (χ3n) is 5.85. The zero-order valence-electron chi connectivity index (χ0n) is 14.9. The SMILES string of the molecule is O=C1NCC(=O)N2[C@@H](c3ccc4c(c3)OCO4)c3[nH]c4ccccc4c3C[C@@H]12. The largest absolute Gasteiger partial charge is 0.454 e. The van der Waals surface area contributed by atoms with Crippen molar-refractivity contribution in [3.05, 3.63) is 59.3 Å². The van der Waals surface area contributed by atoms with E-state index in [2.05, 4.69) is 16.4 Å². The summed E-state index contributed by atoms with van der Waals surface area (Å²) in [6.07, 6.45) is 0.498. The van der Waals surface area contributed by atoms with E-state index in [0.717, 1.165) is 27.7 Å². The Morgan fingerprint density at radius 2 is 1.89 bits per heavy atom. The predicted octanol–water partition coefficient (Wildman–Crippen LogP) is 1.87. The second kappa shape index (κ2) is 5.51. The van der Waals surface area contributed by atoms with Crippen LogP contribution in [0.3, 0.4) is 0 Å². The number of aromatic amines is 1. The summed E-state index contributed by atoms with van der Waals surface area (Å²) in [5.41, 5.74) is 3.94. The number of ether oxygens (including phenoxy) is 2. The molecule has 2 aromatic carbocycles. The van der Waals surface area contributed by atoms with E-state index in [-0.39, 0.29) is 31.2 Å². The first-order valence-corrected chi connectivity index (χ1v) is 9.28. The molecule has 3 aliphatic heterocycles. The van der Waals surface area contributed by atoms with Crippen molar-refractivity contribution in [2.75, 3.05) is 13.3 Å². The van der Waals surface area contributed by atoms with Crippen LogP contribution in [-0.4, -0.2) is 41.1 Å². The second-order valence-electron chi connectivity index (χ2n) is 7.32. The Bertz CT molecular complexity index is 1150. The Hall–Kier alpha value is -3.48. The molecule has 0 spiro atoms. The minimum absolute atomic E-state index is 0.0198. The van der Waals surface area contributed by atoms with Gasteiger partial charge in [-0.2, -0.15) is 0 Å². The van der Waals surface area contributed by atoms with Crippen LogP contribution in [0.2, 0.25) is 0 Å². The highest BCUT2D eigenvalue weighted by Crippen LogP contribution is 2.44. The summed E-state index contributed by atoms with van der Waals surface area (Å²) in [7, 11) is 0. The molecular weight excluding hydrogens is 358 g/mol. The van der Waals surface area contributed by atoms with Crippen LogP contribution < -0.4 is 14.8 Å². The second-order valence-corrected chi connectivity index (χ2v) is 7.32. The van der Waals surface area contributed by atoms with Crippen LogP contribution in [0, 0.1) is 0 Å². The van der Waals surface area contributed by atoms with Crippen molar-refractivity contribution in [1.82, 2.24) is 15.2 Å². The normalized spacial score (nSPS) is 22.8. The number of carbonyl (C=O) groups excluding carboxylic acids is 2. The summed E-state index contributed by atoms with van der Waals surface area (Å²) >= 11 is 0. The number of benzene rings is 2. The van der Waals surface area contributed by atoms with Gasteiger partial charge in [-0.15, -0.1) is 0 Å². The molecule has 0 saturated carbocycles. The Kier molecular flexibility index (Phi) is 3.06. The fraction of sp³-hybridized carbons (Fsp3) is 0.238. The van der Waals surface area contributed by atoms with E-state index in [1.807, 2.05) is 36.4 Å². The van der Waals surface area contributed by atoms with Gasteiger partial charge in [-0.3, -0.25) is 9.59 Å². The number of fused-ring (bicyclic) bond motifs is 5. The summed E-state index contributed by atoms with van der Waals surface area (Å²) in [6.45, 7) is 0.209. The average molecular weight is 375 g/mol. The van der Waals surface area contributed by atoms with E-state index in [1.54, 1.807) is 4.90 Å². The van der Waals surface area contributed by atoms with Gasteiger partial charge < -0.3 is 24.7 Å². The summed E-state index contributed by atoms with van der Waals surface area (Å²) < 4.78 is 11.0. The smallest absolute Gasteiger partial charge is 0.243 e. The molecule has 0 unspecified atom stereocenters. The number of piperazine rings is 1. The predicted molar refractivity (Wildman–Crippen MR) is 100 cm³/mol. The van der Waals surface area contributed by atoms with E-state index < -0.39 is 6.04 Å². The van der Waals surface area contributed by atoms with Crippen molar-refractivity contribution in [3.63, 3.8) is 0 Å². The van der Waals surface area contributed by atoms with Crippen LogP contribution in [0.15, 0.2) is 42.5 Å². The maximum absolute atomic E-state index is 12.9. The fourth-order valence-corrected chi connectivity index (χ4v) is 4.60. The van der Waals surface area contributed by atoms with Crippen molar-refractivity contribution in [2.24, 2.45) is 0 Å². The summed E-state index contributed by atoms with van der Waals surface area (Å²) in [4.78, 5) is 30.7. The Balaban J connectivity index is 1.60. The van der Waals surface area contributed by atoms with Crippen LogP contribution in [0.1, 0.15) is 22.9 Å². The molecule has 0 bridgehead atoms. The summed E-state index contributed by atoms with van der Waals surface area (Å²) in [5, 5.41) is 3.82. The van der Waals surface area contributed by atoms with Crippen LogP contribution in [0.4, 0.5) is 0 Å². The van der Waals surface area contributed by atoms with Crippen LogP contribution in [-0.2, 0) is 16.0 Å². The third kappa shape index (κ3) is 2.04. The van der Waals surface area contributed by atoms with Crippen LogP contribution >= 0.6 is 0 Å². The Morgan fingerprint density at radius 3 is 2.82 bits per heavy atom. The number of amides is 2. The first-order valence-electron chi connectivity index (χ1n) is 9.28. The van der Waals surface area contributed by atoms with Gasteiger partial charge >= 0.3 is 0 Å². The molecule has 3 aromatic rings. The topological polar surface area (TPSA) is 83.7 Å². The first-order chi connectivity index (χ1) is 13.7. The lowest BCUT2D eigenvalue weighted by atomic mass is 9.86. The molecule has 140 valence electrons. The number of para-hydroxylation sites is 1. The van der Waals surface area contributed by atoms with Crippen molar-refractivity contribution >= 4 is 22.7 Å². The van der Waals surface area contributed by atoms with Crippen molar-refractivity contribution in [1.29, 1.82) is 0 Å². The van der Waals surface area contributed by atoms with Gasteiger partial charge in [0.05, 0.1) is 12.6 Å². The molecule has 2 atom stereocenters. The van der Waals surface area contributed by atoms with Gasteiger partial charge in [-0.1, -0.05) is 24.3 Å². The van der Waals surface area contributed by atoms with Crippen LogP contribution in [0.25, 0.3) is 10.9 Å². The van der Waals surface area contributed by atoms with Gasteiger partial charge in [0, 0.05) is 23.0 Å². The minimum Gasteiger partial charge on any atom is -0.454 e. The lowest BCUT2D eigenvalue weighted by Gasteiger charge is -2.44. The molecule has 0 aliphatic carbocycles. The number of rotatable bonds is 1. The maximum Gasteiger partial charge on any atom is 0.243 e. The first kappa shape index (κ1) is 15.6. The fourth-order valence-electron chi connectivity index (χ4n) is 4.60. The Labute approximate surface area is 160 Å². The lowest BCUT2D eigenvalue weighted by molar-refractivity contribution is -0.148. The number of hydrogen-bond acceptors (Lipinski definition) is 4. The standard InChI is InChI=1S/C21H17N3O4/c25-18-9-22-21(26)15-8-13-12-3-1-2-4-14(12)23-19(13)20(24(15)18)11-5-6-16-17(7-11)28-10-27-16/h1-7,15,20,23H,8-10H2,(H,22,26)/t15-,20-/m0/s1. The van der Waals surface area contributed by atoms with Gasteiger partial charge in [-0.05, 0) is 29.3 Å². The number of aromatic nitrogens is 1. The minimum atomic E-state index is -0.525. The molecule has 28 heavy (non-hydrogen) atoms. The number of nitrogens with one attached hydrogen (secondary N) is 2. The molecule has 3 aliphatic rings. The average Bonchev–Trinajstić information content (AvgIpc) is 3.33. The lowest BCUT2D eigenvalue weighted by Crippen LogP contribution is -2.61. The molecule has 7 nitrogen and oxygen atoms in total. The highest BCUT2D eigenvalue weighted by molar-refractivity contribution is 5.97. The molecule has 2 N–H and O–H groups in total. The zero-order valence-corrected chi connectivity index (χ0v) is 14.9. The zero-order chi connectivity index (χ0) is 18.8. The van der Waals surface area contributed by atoms with Crippen LogP contribution in [0.5, 0.6) is 11.5 Å². The molecule has 7 heteroatoms. The monoisotopic (exact) mass is 375 g/mol. The molecule has 2 amide bonds. The molecule has 1 saturated heterocycles. The number of H-pyrrole nitrogens is 1. The quantitative estimate of drug-likeness (QED) is 0.680. The highest BCUT2D eigenvalue weighted by atomic mass is 16.7. The van der Waals surface area contributed by atoms with E-state index >= 15 is 0 Å². The number of carbonyl (C=O) groups is 2. The van der Waals surface area contributed by atoms with E-state index in [1.165, 1.54) is 0 Å². The van der Waals surface area contributed by atoms with Crippen molar-refractivity contribution < 1.29 is 19.1 Å². The molecule has 6 rings (SSSR count). The van der Waals surface area contributed by atoms with Gasteiger partial charge in [0.25, 0.3) is 0 Å². The summed E-state index contributed by atoms with van der Waals surface area (Å²) in [5.74, 6) is 1.15. The molecule has 0 radical (unpaired) electrons. The number of hydrogen-bond donors (Lipinski definition) is 2. The third-order valence-corrected chi connectivity index (χ3v) is 5.85. The van der Waals surface area contributed by atoms with Crippen molar-refractivity contribution in [2.45, 2.75) is 18.5 Å². The van der Waals surface area contributed by atoms with E-state index in [4.69, 9.17) is 9.47 Å². The van der Waals surface area contributed by atoms with Gasteiger partial charge in [-0.25, -0.2) is 0 Å². The van der Waals surface area contributed by atoms with Gasteiger partial charge in [0.15, 0.2) is 11.5 Å². The molecular formula is C21H17N3O4. The number of nitrogens with zero attached hydrogens (tertiary/aromatic N) is 1. The van der Waals surface area contributed by atoms with E-state index in [0.29, 0.717) is 17.9 Å². The van der Waals surface area contributed by atoms with Crippen molar-refractivity contribution in [3.8, 4) is 11.5 Å². The van der Waals surface area contributed by atoms with Gasteiger partial charge in [0.2, 0.25) is 18.6 Å². The molecule has 4 heterocycles. The molecule has 1 aromatic heterocycles. The molecule has 1 fully saturated rings. The van der Waals surface area contributed by atoms with Gasteiger partial charge in [0.1, 0.15) is 6.04 Å². The Morgan fingerprint density at radius 1 is 1.04 bits per heavy atom. The summed E-state index contributed by atoms with van der Waals surface area (Å²) in [6, 6.07) is 12.8. The maximum atomic E-state index is 12.9. The van der Waals surface area contributed by atoms with E-state index in [9.17, 15) is 9.59 Å². The highest BCUT2D eigenvalue weighted by Gasteiger charge is 2.45.